The average Bonchev–Trinajstić information content (AvgIpc) is 3.05. The molecule has 0 unspecified atom stereocenters. The topological polar surface area (TPSA) is 84.2 Å². The van der Waals surface area contributed by atoms with Crippen molar-refractivity contribution in [3.05, 3.63) is 89.7 Å². The van der Waals surface area contributed by atoms with Crippen LogP contribution >= 0.6 is 0 Å². The molecule has 6 nitrogen and oxygen atoms in total. The molecule has 0 spiro atoms. The maximum atomic E-state index is 13.3. The van der Waals surface area contributed by atoms with Gasteiger partial charge in [0.05, 0.1) is 18.2 Å². The molecule has 3 aromatic carbocycles. The Labute approximate surface area is 192 Å². The highest BCUT2D eigenvalue weighted by molar-refractivity contribution is 5.95. The van der Waals surface area contributed by atoms with Crippen LogP contribution in [0.4, 0.5) is 14.9 Å². The predicted octanol–water partition coefficient (Wildman–Crippen LogP) is 5.12. The van der Waals surface area contributed by atoms with Gasteiger partial charge in [0.15, 0.2) is 0 Å². The molecule has 1 aliphatic heterocycles. The van der Waals surface area contributed by atoms with E-state index in [2.05, 4.69) is 0 Å². The SMILES string of the molecule is CN1C(=O)N(c2ccccc2)[C@H](c2ccc(O)cc2O)[C@H]1CCC[C@@H](O)c1ccc(F)cc1. The Morgan fingerprint density at radius 1 is 1.00 bits per heavy atom. The molecule has 0 bridgehead atoms. The van der Waals surface area contributed by atoms with E-state index < -0.39 is 12.1 Å². The maximum Gasteiger partial charge on any atom is 0.325 e. The van der Waals surface area contributed by atoms with Gasteiger partial charge in [0.1, 0.15) is 17.3 Å². The van der Waals surface area contributed by atoms with Gasteiger partial charge < -0.3 is 20.2 Å². The summed E-state index contributed by atoms with van der Waals surface area (Å²) in [4.78, 5) is 16.6. The fourth-order valence-electron chi connectivity index (χ4n) is 4.53. The average molecular weight is 451 g/mol. The molecule has 2 amide bonds. The second-order valence-electron chi connectivity index (χ2n) is 8.35. The van der Waals surface area contributed by atoms with Crippen LogP contribution in [0.5, 0.6) is 11.5 Å². The van der Waals surface area contributed by atoms with E-state index in [-0.39, 0.29) is 29.4 Å². The van der Waals surface area contributed by atoms with Crippen LogP contribution < -0.4 is 4.90 Å². The monoisotopic (exact) mass is 450 g/mol. The first-order valence-electron chi connectivity index (χ1n) is 10.9. The fourth-order valence-corrected chi connectivity index (χ4v) is 4.53. The van der Waals surface area contributed by atoms with Gasteiger partial charge in [-0.05, 0) is 61.2 Å². The number of aliphatic hydroxyl groups excluding tert-OH is 1. The normalized spacial score (nSPS) is 19.2. The number of halogens is 1. The lowest BCUT2D eigenvalue weighted by molar-refractivity contribution is 0.158. The summed E-state index contributed by atoms with van der Waals surface area (Å²) in [5, 5.41) is 30.9. The molecule has 1 fully saturated rings. The number of carbonyl (C=O) groups is 1. The highest BCUT2D eigenvalue weighted by Gasteiger charge is 2.46. The van der Waals surface area contributed by atoms with E-state index in [1.807, 2.05) is 30.3 Å². The Hall–Kier alpha value is -3.58. The fraction of sp³-hybridized carbons (Fsp3) is 0.269. The summed E-state index contributed by atoms with van der Waals surface area (Å²) in [5.74, 6) is -0.492. The minimum absolute atomic E-state index is 0.0563. The van der Waals surface area contributed by atoms with E-state index in [0.29, 0.717) is 36.1 Å². The third-order valence-electron chi connectivity index (χ3n) is 6.25. The van der Waals surface area contributed by atoms with E-state index in [0.717, 1.165) is 0 Å². The van der Waals surface area contributed by atoms with Crippen molar-refractivity contribution >= 4 is 11.7 Å². The molecule has 3 aromatic rings. The Morgan fingerprint density at radius 2 is 1.70 bits per heavy atom. The number of rotatable bonds is 7. The summed E-state index contributed by atoms with van der Waals surface area (Å²) in [5.41, 5.74) is 1.89. The second-order valence-corrected chi connectivity index (χ2v) is 8.35. The van der Waals surface area contributed by atoms with Gasteiger partial charge in [0, 0.05) is 24.4 Å². The van der Waals surface area contributed by atoms with Gasteiger partial charge in [-0.1, -0.05) is 30.3 Å². The molecule has 33 heavy (non-hydrogen) atoms. The van der Waals surface area contributed by atoms with Crippen LogP contribution in [0.25, 0.3) is 0 Å². The summed E-state index contributed by atoms with van der Waals surface area (Å²) in [7, 11) is 1.73. The molecular weight excluding hydrogens is 423 g/mol. The van der Waals surface area contributed by atoms with Crippen LogP contribution in [0.15, 0.2) is 72.8 Å². The van der Waals surface area contributed by atoms with Gasteiger partial charge in [0.25, 0.3) is 0 Å². The Bertz CT molecular complexity index is 1110. The number of hydrogen-bond donors (Lipinski definition) is 3. The molecule has 0 radical (unpaired) electrons. The lowest BCUT2D eigenvalue weighted by Crippen LogP contribution is -2.31. The number of nitrogens with zero attached hydrogens (tertiary/aromatic N) is 2. The van der Waals surface area contributed by atoms with Crippen molar-refractivity contribution in [1.29, 1.82) is 0 Å². The van der Waals surface area contributed by atoms with Crippen molar-refractivity contribution in [2.24, 2.45) is 0 Å². The molecule has 0 saturated carbocycles. The highest BCUT2D eigenvalue weighted by Crippen LogP contribution is 2.44. The zero-order valence-corrected chi connectivity index (χ0v) is 18.3. The minimum atomic E-state index is -0.737. The molecular formula is C26H27FN2O4. The molecule has 172 valence electrons. The van der Waals surface area contributed by atoms with Crippen LogP contribution in [-0.4, -0.2) is 39.3 Å². The molecule has 1 heterocycles. The maximum absolute atomic E-state index is 13.3. The third kappa shape index (κ3) is 4.64. The van der Waals surface area contributed by atoms with Crippen molar-refractivity contribution in [1.82, 2.24) is 4.90 Å². The lowest BCUT2D eigenvalue weighted by atomic mass is 9.92. The zero-order chi connectivity index (χ0) is 23.5. The number of phenols is 2. The van der Waals surface area contributed by atoms with E-state index in [4.69, 9.17) is 0 Å². The second kappa shape index (κ2) is 9.50. The molecule has 1 aliphatic rings. The zero-order valence-electron chi connectivity index (χ0n) is 18.3. The van der Waals surface area contributed by atoms with Crippen LogP contribution in [0, 0.1) is 5.82 Å². The summed E-state index contributed by atoms with van der Waals surface area (Å²) >= 11 is 0. The number of urea groups is 1. The number of aliphatic hydroxyl groups is 1. The van der Waals surface area contributed by atoms with Gasteiger partial charge in [0.2, 0.25) is 0 Å². The van der Waals surface area contributed by atoms with E-state index in [1.165, 1.54) is 24.3 Å². The molecule has 0 aromatic heterocycles. The Balaban J connectivity index is 1.59. The first kappa shape index (κ1) is 22.6. The van der Waals surface area contributed by atoms with Crippen LogP contribution in [0.1, 0.15) is 42.5 Å². The van der Waals surface area contributed by atoms with Crippen molar-refractivity contribution in [2.45, 2.75) is 37.5 Å². The number of hydrogen-bond acceptors (Lipinski definition) is 4. The number of para-hydroxylation sites is 1. The molecule has 0 aliphatic carbocycles. The van der Waals surface area contributed by atoms with Gasteiger partial charge in [-0.25, -0.2) is 9.18 Å². The van der Waals surface area contributed by atoms with Gasteiger partial charge >= 0.3 is 6.03 Å². The number of phenolic OH excluding ortho intramolecular Hbond substituents is 2. The van der Waals surface area contributed by atoms with Crippen LogP contribution in [0.2, 0.25) is 0 Å². The smallest absolute Gasteiger partial charge is 0.325 e. The number of aromatic hydroxyl groups is 2. The first-order valence-corrected chi connectivity index (χ1v) is 10.9. The van der Waals surface area contributed by atoms with Crippen molar-refractivity contribution in [3.63, 3.8) is 0 Å². The number of amides is 2. The quantitative estimate of drug-likeness (QED) is 0.466. The number of carbonyl (C=O) groups excluding carboxylic acids is 1. The van der Waals surface area contributed by atoms with Crippen LogP contribution in [-0.2, 0) is 0 Å². The van der Waals surface area contributed by atoms with E-state index in [9.17, 15) is 24.5 Å². The minimum Gasteiger partial charge on any atom is -0.508 e. The number of benzene rings is 3. The van der Waals surface area contributed by atoms with Gasteiger partial charge in [-0.15, -0.1) is 0 Å². The largest absolute Gasteiger partial charge is 0.508 e. The standard InChI is InChI=1S/C26H27FN2O4/c1-28-22(8-5-9-23(31)17-10-12-18(27)13-11-17)25(21-15-14-20(30)16-24(21)32)29(26(28)33)19-6-3-2-4-7-19/h2-4,6-7,10-16,22-23,25,30-32H,5,8-9H2,1H3/t22-,23-,25-/m1/s1. The third-order valence-corrected chi connectivity index (χ3v) is 6.25. The summed E-state index contributed by atoms with van der Waals surface area (Å²) in [6, 6.07) is 18.5. The molecule has 4 rings (SSSR count). The molecule has 3 N–H and O–H groups in total. The number of likely N-dealkylation sites (N-methyl/N-ethyl adjacent to an activating group) is 1. The van der Waals surface area contributed by atoms with Crippen molar-refractivity contribution in [2.75, 3.05) is 11.9 Å². The highest BCUT2D eigenvalue weighted by atomic mass is 19.1. The Morgan fingerprint density at radius 3 is 2.36 bits per heavy atom. The predicted molar refractivity (Wildman–Crippen MR) is 124 cm³/mol. The van der Waals surface area contributed by atoms with E-state index >= 15 is 0 Å². The molecule has 7 heteroatoms. The van der Waals surface area contributed by atoms with E-state index in [1.54, 1.807) is 35.0 Å². The summed E-state index contributed by atoms with van der Waals surface area (Å²) < 4.78 is 13.2. The molecule has 3 atom stereocenters. The first-order chi connectivity index (χ1) is 15.9. The van der Waals surface area contributed by atoms with Crippen molar-refractivity contribution in [3.8, 4) is 11.5 Å². The number of anilines is 1. The summed E-state index contributed by atoms with van der Waals surface area (Å²) in [6.45, 7) is 0. The van der Waals surface area contributed by atoms with Gasteiger partial charge in [-0.3, -0.25) is 4.90 Å². The molecule has 1 saturated heterocycles. The van der Waals surface area contributed by atoms with Crippen LogP contribution in [0.3, 0.4) is 0 Å². The van der Waals surface area contributed by atoms with Gasteiger partial charge in [-0.2, -0.15) is 0 Å². The Kier molecular flexibility index (Phi) is 6.51. The lowest BCUT2D eigenvalue weighted by Gasteiger charge is -2.28. The summed E-state index contributed by atoms with van der Waals surface area (Å²) in [6.07, 6.45) is 0.899. The van der Waals surface area contributed by atoms with Crippen molar-refractivity contribution < 1.29 is 24.5 Å².